The molecule has 1 aromatic rings. The molecule has 1 fully saturated rings. The van der Waals surface area contributed by atoms with E-state index in [1.165, 1.54) is 0 Å². The number of amides is 1. The molecule has 0 aromatic heterocycles. The van der Waals surface area contributed by atoms with E-state index in [0.717, 1.165) is 18.7 Å². The first-order valence-corrected chi connectivity index (χ1v) is 6.93. The molecular formula is C15H22N2O3. The average molecular weight is 278 g/mol. The molecule has 0 spiro atoms. The molecule has 1 heterocycles. The van der Waals surface area contributed by atoms with Gasteiger partial charge < -0.3 is 19.7 Å². The van der Waals surface area contributed by atoms with Gasteiger partial charge in [-0.15, -0.1) is 0 Å². The van der Waals surface area contributed by atoms with Crippen LogP contribution in [0.2, 0.25) is 0 Å². The van der Waals surface area contributed by atoms with Crippen molar-refractivity contribution in [3.8, 4) is 0 Å². The van der Waals surface area contributed by atoms with E-state index in [4.69, 9.17) is 9.47 Å². The molecule has 5 nitrogen and oxygen atoms in total. The Morgan fingerprint density at radius 1 is 1.40 bits per heavy atom. The average Bonchev–Trinajstić information content (AvgIpc) is 2.46. The molecule has 2 rings (SSSR count). The maximum atomic E-state index is 11.9. The summed E-state index contributed by atoms with van der Waals surface area (Å²) >= 11 is 0. The summed E-state index contributed by atoms with van der Waals surface area (Å²) in [4.78, 5) is 13.5. The molecule has 1 aliphatic heterocycles. The van der Waals surface area contributed by atoms with Crippen LogP contribution < -0.4 is 5.32 Å². The van der Waals surface area contributed by atoms with Crippen molar-refractivity contribution in [2.75, 3.05) is 26.7 Å². The van der Waals surface area contributed by atoms with E-state index in [1.54, 1.807) is 11.9 Å². The number of hydrogen-bond acceptors (Lipinski definition) is 4. The van der Waals surface area contributed by atoms with Crippen LogP contribution in [0.3, 0.4) is 0 Å². The lowest BCUT2D eigenvalue weighted by molar-refractivity contribution is -0.0391. The fourth-order valence-corrected chi connectivity index (χ4v) is 2.19. The minimum absolute atomic E-state index is 0.0213. The Balaban J connectivity index is 1.74. The van der Waals surface area contributed by atoms with Crippen LogP contribution in [0.5, 0.6) is 0 Å². The van der Waals surface area contributed by atoms with Crippen molar-refractivity contribution in [1.29, 1.82) is 0 Å². The Hall–Kier alpha value is -1.59. The molecular weight excluding hydrogens is 256 g/mol. The summed E-state index contributed by atoms with van der Waals surface area (Å²) in [5.41, 5.74) is 0.985. The zero-order valence-corrected chi connectivity index (χ0v) is 12.0. The van der Waals surface area contributed by atoms with Crippen molar-refractivity contribution < 1.29 is 14.3 Å². The summed E-state index contributed by atoms with van der Waals surface area (Å²) in [6.07, 6.45) is -0.119. The molecule has 1 aliphatic rings. The zero-order chi connectivity index (χ0) is 14.4. The van der Waals surface area contributed by atoms with Gasteiger partial charge in [-0.2, -0.15) is 0 Å². The van der Waals surface area contributed by atoms with Crippen LogP contribution in [-0.2, 0) is 16.1 Å². The van der Waals surface area contributed by atoms with Crippen LogP contribution in [-0.4, -0.2) is 49.9 Å². The van der Waals surface area contributed by atoms with Crippen LogP contribution in [0.15, 0.2) is 30.3 Å². The lowest BCUT2D eigenvalue weighted by Crippen LogP contribution is -2.48. The second kappa shape index (κ2) is 7.26. The number of benzene rings is 1. The molecule has 5 heteroatoms. The van der Waals surface area contributed by atoms with Gasteiger partial charge in [-0.3, -0.25) is 0 Å². The molecule has 1 N–H and O–H groups in total. The number of nitrogens with zero attached hydrogens (tertiary/aromatic N) is 1. The Labute approximate surface area is 119 Å². The van der Waals surface area contributed by atoms with Gasteiger partial charge >= 0.3 is 6.09 Å². The molecule has 0 bridgehead atoms. The van der Waals surface area contributed by atoms with E-state index in [-0.39, 0.29) is 18.3 Å². The molecule has 110 valence electrons. The first kappa shape index (κ1) is 14.8. The quantitative estimate of drug-likeness (QED) is 0.909. The Bertz CT molecular complexity index is 424. The highest BCUT2D eigenvalue weighted by Gasteiger charge is 2.22. The van der Waals surface area contributed by atoms with Gasteiger partial charge in [0.25, 0.3) is 0 Å². The number of carbonyl (C=O) groups excluding carboxylic acids is 1. The monoisotopic (exact) mass is 278 g/mol. The summed E-state index contributed by atoms with van der Waals surface area (Å²) in [5.74, 6) is 0. The first-order chi connectivity index (χ1) is 9.65. The number of ether oxygens (including phenoxy) is 2. The summed E-state index contributed by atoms with van der Waals surface area (Å²) in [5, 5.41) is 3.28. The van der Waals surface area contributed by atoms with Gasteiger partial charge in [0.05, 0.1) is 18.8 Å². The van der Waals surface area contributed by atoms with Gasteiger partial charge in [-0.25, -0.2) is 4.79 Å². The Morgan fingerprint density at radius 3 is 2.85 bits per heavy atom. The predicted octanol–water partition coefficient (Wildman–Crippen LogP) is 1.63. The molecule has 20 heavy (non-hydrogen) atoms. The molecule has 1 saturated heterocycles. The third-order valence-electron chi connectivity index (χ3n) is 3.22. The SMILES string of the molecule is CC1CNCC(CN(C)C(=O)OCc2ccccc2)O1. The normalized spacial score (nSPS) is 22.3. The molecule has 0 radical (unpaired) electrons. The third-order valence-corrected chi connectivity index (χ3v) is 3.22. The lowest BCUT2D eigenvalue weighted by atomic mass is 10.2. The smallest absolute Gasteiger partial charge is 0.409 e. The lowest BCUT2D eigenvalue weighted by Gasteiger charge is -2.31. The minimum Gasteiger partial charge on any atom is -0.445 e. The molecule has 1 aromatic carbocycles. The fraction of sp³-hybridized carbons (Fsp3) is 0.533. The maximum Gasteiger partial charge on any atom is 0.409 e. The van der Waals surface area contributed by atoms with Crippen LogP contribution in [0, 0.1) is 0 Å². The summed E-state index contributed by atoms with van der Waals surface area (Å²) in [7, 11) is 1.73. The summed E-state index contributed by atoms with van der Waals surface area (Å²) < 4.78 is 11.0. The predicted molar refractivity (Wildman–Crippen MR) is 76.5 cm³/mol. The van der Waals surface area contributed by atoms with Gasteiger partial charge in [-0.05, 0) is 12.5 Å². The topological polar surface area (TPSA) is 50.8 Å². The highest BCUT2D eigenvalue weighted by atomic mass is 16.6. The molecule has 2 unspecified atom stereocenters. The standard InChI is InChI=1S/C15H22N2O3/c1-12-8-16-9-14(20-12)10-17(2)15(18)19-11-13-6-4-3-5-7-13/h3-7,12,14,16H,8-11H2,1-2H3. The number of morpholine rings is 1. The van der Waals surface area contributed by atoms with Crippen molar-refractivity contribution in [3.63, 3.8) is 0 Å². The van der Waals surface area contributed by atoms with Crippen LogP contribution in [0.1, 0.15) is 12.5 Å². The van der Waals surface area contributed by atoms with E-state index in [1.807, 2.05) is 37.3 Å². The fourth-order valence-electron chi connectivity index (χ4n) is 2.19. The number of carbonyl (C=O) groups is 1. The number of likely N-dealkylation sites (N-methyl/N-ethyl adjacent to an activating group) is 1. The Morgan fingerprint density at radius 2 is 2.15 bits per heavy atom. The molecule has 0 aliphatic carbocycles. The van der Waals surface area contributed by atoms with Gasteiger partial charge in [0, 0.05) is 20.1 Å². The van der Waals surface area contributed by atoms with E-state index in [9.17, 15) is 4.79 Å². The summed E-state index contributed by atoms with van der Waals surface area (Å²) in [6.45, 7) is 4.47. The molecule has 2 atom stereocenters. The van der Waals surface area contributed by atoms with E-state index in [2.05, 4.69) is 5.32 Å². The van der Waals surface area contributed by atoms with Gasteiger partial charge in [0.15, 0.2) is 0 Å². The second-order valence-corrected chi connectivity index (χ2v) is 5.15. The highest BCUT2D eigenvalue weighted by Crippen LogP contribution is 2.07. The molecule has 1 amide bonds. The summed E-state index contributed by atoms with van der Waals surface area (Å²) in [6, 6.07) is 9.66. The van der Waals surface area contributed by atoms with Crippen molar-refractivity contribution in [2.45, 2.75) is 25.7 Å². The maximum absolute atomic E-state index is 11.9. The van der Waals surface area contributed by atoms with Crippen LogP contribution >= 0.6 is 0 Å². The van der Waals surface area contributed by atoms with Gasteiger partial charge in [0.1, 0.15) is 6.61 Å². The Kier molecular flexibility index (Phi) is 5.38. The second-order valence-electron chi connectivity index (χ2n) is 5.15. The first-order valence-electron chi connectivity index (χ1n) is 6.93. The van der Waals surface area contributed by atoms with Gasteiger partial charge in [-0.1, -0.05) is 30.3 Å². The van der Waals surface area contributed by atoms with Crippen LogP contribution in [0.25, 0.3) is 0 Å². The molecule has 0 saturated carbocycles. The van der Waals surface area contributed by atoms with Gasteiger partial charge in [0.2, 0.25) is 0 Å². The third kappa shape index (κ3) is 4.51. The highest BCUT2D eigenvalue weighted by molar-refractivity contribution is 5.67. The van der Waals surface area contributed by atoms with Crippen molar-refractivity contribution in [2.24, 2.45) is 0 Å². The van der Waals surface area contributed by atoms with Crippen molar-refractivity contribution in [1.82, 2.24) is 10.2 Å². The van der Waals surface area contributed by atoms with Crippen LogP contribution in [0.4, 0.5) is 4.79 Å². The minimum atomic E-state index is -0.323. The zero-order valence-electron chi connectivity index (χ0n) is 12.0. The number of hydrogen-bond donors (Lipinski definition) is 1. The van der Waals surface area contributed by atoms with E-state index < -0.39 is 0 Å². The van der Waals surface area contributed by atoms with Crippen molar-refractivity contribution >= 4 is 6.09 Å². The van der Waals surface area contributed by atoms with E-state index >= 15 is 0 Å². The van der Waals surface area contributed by atoms with E-state index in [0.29, 0.717) is 13.2 Å². The number of rotatable bonds is 4. The largest absolute Gasteiger partial charge is 0.445 e. The number of nitrogens with one attached hydrogen (secondary N) is 1. The van der Waals surface area contributed by atoms with Crippen molar-refractivity contribution in [3.05, 3.63) is 35.9 Å².